The lowest BCUT2D eigenvalue weighted by atomic mass is 10.1. The first-order chi connectivity index (χ1) is 12.1. The van der Waals surface area contributed by atoms with Crippen molar-refractivity contribution in [2.24, 2.45) is 0 Å². The van der Waals surface area contributed by atoms with Crippen LogP contribution in [-0.2, 0) is 0 Å². The topological polar surface area (TPSA) is 69.9 Å². The highest BCUT2D eigenvalue weighted by Gasteiger charge is 2.20. The molecule has 7 heteroatoms. The summed E-state index contributed by atoms with van der Waals surface area (Å²) in [7, 11) is 1.62. The molecule has 0 saturated heterocycles. The highest BCUT2D eigenvalue weighted by molar-refractivity contribution is 8.00. The maximum atomic E-state index is 12.6. The van der Waals surface area contributed by atoms with Gasteiger partial charge in [0, 0.05) is 5.56 Å². The van der Waals surface area contributed by atoms with E-state index < -0.39 is 0 Å². The zero-order chi connectivity index (χ0) is 17.8. The number of hydrogen-bond acceptors (Lipinski definition) is 6. The van der Waals surface area contributed by atoms with E-state index in [1.165, 1.54) is 11.8 Å². The van der Waals surface area contributed by atoms with Gasteiger partial charge in [-0.2, -0.15) is 4.68 Å². The van der Waals surface area contributed by atoms with Gasteiger partial charge in [0.15, 0.2) is 5.78 Å². The van der Waals surface area contributed by atoms with E-state index in [9.17, 15) is 4.79 Å². The van der Waals surface area contributed by atoms with E-state index in [1.54, 1.807) is 11.8 Å². The number of thioether (sulfide) groups is 1. The minimum Gasteiger partial charge on any atom is -0.497 e. The summed E-state index contributed by atoms with van der Waals surface area (Å²) in [5.74, 6) is 0.809. The predicted molar refractivity (Wildman–Crippen MR) is 96.5 cm³/mol. The number of aromatic nitrogens is 4. The van der Waals surface area contributed by atoms with E-state index in [2.05, 4.69) is 15.5 Å². The van der Waals surface area contributed by atoms with Gasteiger partial charge in [0.05, 0.1) is 18.0 Å². The van der Waals surface area contributed by atoms with E-state index in [-0.39, 0.29) is 11.0 Å². The van der Waals surface area contributed by atoms with Crippen LogP contribution in [0.3, 0.4) is 0 Å². The van der Waals surface area contributed by atoms with Crippen LogP contribution in [0.2, 0.25) is 0 Å². The highest BCUT2D eigenvalue weighted by atomic mass is 32.2. The molecule has 128 valence electrons. The van der Waals surface area contributed by atoms with Crippen molar-refractivity contribution in [1.82, 2.24) is 20.2 Å². The van der Waals surface area contributed by atoms with Crippen LogP contribution in [0, 0.1) is 6.92 Å². The molecule has 0 radical (unpaired) electrons. The molecule has 25 heavy (non-hydrogen) atoms. The maximum absolute atomic E-state index is 12.6. The van der Waals surface area contributed by atoms with Gasteiger partial charge in [0.2, 0.25) is 5.16 Å². The largest absolute Gasteiger partial charge is 0.497 e. The van der Waals surface area contributed by atoms with Gasteiger partial charge in [-0.05, 0) is 48.5 Å². The van der Waals surface area contributed by atoms with Crippen molar-refractivity contribution in [2.75, 3.05) is 7.11 Å². The second-order valence-corrected chi connectivity index (χ2v) is 6.87. The lowest BCUT2D eigenvalue weighted by molar-refractivity contribution is 0.0994. The van der Waals surface area contributed by atoms with Crippen molar-refractivity contribution in [3.05, 3.63) is 59.7 Å². The number of aryl methyl sites for hydroxylation is 1. The Balaban J connectivity index is 1.78. The first-order valence-electron chi connectivity index (χ1n) is 7.79. The maximum Gasteiger partial charge on any atom is 0.214 e. The fourth-order valence-corrected chi connectivity index (χ4v) is 3.19. The van der Waals surface area contributed by atoms with Gasteiger partial charge in [-0.1, -0.05) is 41.6 Å². The Morgan fingerprint density at radius 2 is 1.80 bits per heavy atom. The van der Waals surface area contributed by atoms with Crippen LogP contribution in [0.25, 0.3) is 5.69 Å². The molecule has 0 bridgehead atoms. The first-order valence-corrected chi connectivity index (χ1v) is 8.67. The summed E-state index contributed by atoms with van der Waals surface area (Å²) in [6.45, 7) is 3.86. The summed E-state index contributed by atoms with van der Waals surface area (Å²) >= 11 is 1.33. The van der Waals surface area contributed by atoms with Crippen LogP contribution in [-0.4, -0.2) is 38.4 Å². The monoisotopic (exact) mass is 354 g/mol. The number of hydrogen-bond donors (Lipinski definition) is 0. The molecule has 3 aromatic rings. The van der Waals surface area contributed by atoms with E-state index in [1.807, 2.05) is 62.4 Å². The number of ketones is 1. The molecule has 0 spiro atoms. The number of benzene rings is 2. The van der Waals surface area contributed by atoms with Gasteiger partial charge >= 0.3 is 0 Å². The molecular formula is C18H18N4O2S. The Morgan fingerprint density at radius 1 is 1.12 bits per heavy atom. The van der Waals surface area contributed by atoms with E-state index >= 15 is 0 Å². The Kier molecular flexibility index (Phi) is 5.14. The number of ether oxygens (including phenoxy) is 1. The molecule has 0 amide bonds. The number of rotatable bonds is 6. The molecule has 0 saturated carbocycles. The van der Waals surface area contributed by atoms with Crippen LogP contribution in [0.1, 0.15) is 22.8 Å². The Hall–Kier alpha value is -2.67. The fourth-order valence-electron chi connectivity index (χ4n) is 2.30. The average Bonchev–Trinajstić information content (AvgIpc) is 3.10. The number of methoxy groups -OCH3 is 1. The quantitative estimate of drug-likeness (QED) is 0.499. The molecule has 0 N–H and O–H groups in total. The molecule has 2 aromatic carbocycles. The molecule has 0 fully saturated rings. The lowest BCUT2D eigenvalue weighted by Crippen LogP contribution is -2.14. The van der Waals surface area contributed by atoms with Gasteiger partial charge in [-0.3, -0.25) is 4.79 Å². The van der Waals surface area contributed by atoms with E-state index in [0.29, 0.717) is 10.7 Å². The second-order valence-electron chi connectivity index (χ2n) is 5.56. The molecule has 0 aliphatic carbocycles. The highest BCUT2D eigenvalue weighted by Crippen LogP contribution is 2.26. The van der Waals surface area contributed by atoms with Crippen LogP contribution in [0.4, 0.5) is 0 Å². The molecule has 3 rings (SSSR count). The molecular weight excluding hydrogens is 336 g/mol. The van der Waals surface area contributed by atoms with Gasteiger partial charge < -0.3 is 4.74 Å². The summed E-state index contributed by atoms with van der Waals surface area (Å²) in [6, 6.07) is 15.0. The van der Waals surface area contributed by atoms with Crippen molar-refractivity contribution in [2.45, 2.75) is 24.3 Å². The normalized spacial score (nSPS) is 12.0. The van der Waals surface area contributed by atoms with E-state index in [4.69, 9.17) is 4.74 Å². The minimum absolute atomic E-state index is 0.0503. The molecule has 0 aliphatic rings. The van der Waals surface area contributed by atoms with Gasteiger partial charge in [0.1, 0.15) is 5.75 Å². The Bertz CT molecular complexity index is 860. The van der Waals surface area contributed by atoms with Crippen molar-refractivity contribution < 1.29 is 9.53 Å². The number of carbonyl (C=O) groups is 1. The van der Waals surface area contributed by atoms with Crippen molar-refractivity contribution in [1.29, 1.82) is 0 Å². The number of nitrogens with zero attached hydrogens (tertiary/aromatic N) is 4. The molecule has 1 heterocycles. The zero-order valence-corrected chi connectivity index (χ0v) is 15.0. The zero-order valence-electron chi connectivity index (χ0n) is 14.2. The van der Waals surface area contributed by atoms with Crippen LogP contribution in [0.5, 0.6) is 5.75 Å². The lowest BCUT2D eigenvalue weighted by Gasteiger charge is -2.10. The third-order valence-electron chi connectivity index (χ3n) is 3.75. The SMILES string of the molecule is COc1ccc(-n2nnnc2S[C@@H](C)C(=O)c2ccc(C)cc2)cc1. The molecule has 1 aromatic heterocycles. The number of carbonyl (C=O) groups excluding carboxylic acids is 1. The molecule has 0 unspecified atom stereocenters. The summed E-state index contributed by atoms with van der Waals surface area (Å²) in [6.07, 6.45) is 0. The van der Waals surface area contributed by atoms with Gasteiger partial charge in [-0.15, -0.1) is 5.10 Å². The Morgan fingerprint density at radius 3 is 2.44 bits per heavy atom. The van der Waals surface area contributed by atoms with Crippen molar-refractivity contribution >= 4 is 17.5 Å². The third-order valence-corrected chi connectivity index (χ3v) is 4.78. The Labute approximate surface area is 150 Å². The minimum atomic E-state index is -0.300. The van der Waals surface area contributed by atoms with Crippen molar-refractivity contribution in [3.8, 4) is 11.4 Å². The fraction of sp³-hybridized carbons (Fsp3) is 0.222. The smallest absolute Gasteiger partial charge is 0.214 e. The summed E-state index contributed by atoms with van der Waals surface area (Å²) in [5.41, 5.74) is 2.62. The summed E-state index contributed by atoms with van der Waals surface area (Å²) in [4.78, 5) is 12.6. The van der Waals surface area contributed by atoms with E-state index in [0.717, 1.165) is 17.0 Å². The van der Waals surface area contributed by atoms with Gasteiger partial charge in [-0.25, -0.2) is 0 Å². The standard InChI is InChI=1S/C18H18N4O2S/c1-12-4-6-14(7-5-12)17(23)13(2)25-18-19-20-21-22(18)15-8-10-16(24-3)11-9-15/h4-11,13H,1-3H3/t13-/m0/s1. The summed E-state index contributed by atoms with van der Waals surface area (Å²) < 4.78 is 6.77. The number of Topliss-reactive ketones (excluding diaryl/α,β-unsaturated/α-hetero) is 1. The summed E-state index contributed by atoms with van der Waals surface area (Å²) in [5, 5.41) is 12.1. The average molecular weight is 354 g/mol. The predicted octanol–water partition coefficient (Wildman–Crippen LogP) is 3.34. The van der Waals surface area contributed by atoms with Crippen LogP contribution >= 0.6 is 11.8 Å². The van der Waals surface area contributed by atoms with Crippen LogP contribution in [0.15, 0.2) is 53.7 Å². The van der Waals surface area contributed by atoms with Crippen molar-refractivity contribution in [3.63, 3.8) is 0 Å². The molecule has 6 nitrogen and oxygen atoms in total. The van der Waals surface area contributed by atoms with Crippen LogP contribution < -0.4 is 4.74 Å². The van der Waals surface area contributed by atoms with Gasteiger partial charge in [0.25, 0.3) is 0 Å². The third kappa shape index (κ3) is 3.88. The number of tetrazole rings is 1. The second kappa shape index (κ2) is 7.48. The molecule has 1 atom stereocenters. The first kappa shape index (κ1) is 17.2. The molecule has 0 aliphatic heterocycles.